The number of sulfonamides is 1. The summed E-state index contributed by atoms with van der Waals surface area (Å²) in [5.41, 5.74) is 1.49. The molecule has 1 aliphatic carbocycles. The summed E-state index contributed by atoms with van der Waals surface area (Å²) in [6.07, 6.45) is 3.36. The fourth-order valence-electron chi connectivity index (χ4n) is 2.64. The lowest BCUT2D eigenvalue weighted by molar-refractivity contribution is -0.0513. The number of nitrogens with two attached hydrogens (primary N) is 1. The molecule has 1 aromatic heterocycles. The van der Waals surface area contributed by atoms with E-state index in [1.165, 1.54) is 18.6 Å². The summed E-state index contributed by atoms with van der Waals surface area (Å²) in [7, 11) is -0.0261. The van der Waals surface area contributed by atoms with Crippen molar-refractivity contribution in [3.05, 3.63) is 18.2 Å². The molecule has 2 N–H and O–H groups in total. The molecule has 0 radical (unpaired) electrons. The third-order valence-corrected chi connectivity index (χ3v) is 6.51. The Morgan fingerprint density at radius 2 is 2.18 bits per heavy atom. The number of benzene rings is 1. The van der Waals surface area contributed by atoms with E-state index in [9.17, 15) is 8.42 Å². The number of thioether (sulfide) groups is 1. The van der Waals surface area contributed by atoms with Gasteiger partial charge in [0.05, 0.1) is 21.5 Å². The summed E-state index contributed by atoms with van der Waals surface area (Å²) in [6, 6.07) is 4.77. The zero-order valence-electron chi connectivity index (χ0n) is 12.6. The molecule has 2 aromatic rings. The van der Waals surface area contributed by atoms with Crippen LogP contribution < -0.4 is 5.14 Å². The molecule has 0 spiro atoms. The van der Waals surface area contributed by atoms with Crippen LogP contribution in [0.4, 0.5) is 0 Å². The van der Waals surface area contributed by atoms with Gasteiger partial charge in [0, 0.05) is 19.9 Å². The summed E-state index contributed by atoms with van der Waals surface area (Å²) in [5.74, 6) is 0.850. The Labute approximate surface area is 134 Å². The van der Waals surface area contributed by atoms with E-state index in [-0.39, 0.29) is 10.5 Å². The van der Waals surface area contributed by atoms with Crippen LogP contribution in [0, 0.1) is 0 Å². The second-order valence-corrected chi connectivity index (χ2v) is 8.18. The lowest BCUT2D eigenvalue weighted by atomic mass is 9.82. The highest BCUT2D eigenvalue weighted by atomic mass is 32.2. The van der Waals surface area contributed by atoms with Gasteiger partial charge in [-0.15, -0.1) is 0 Å². The van der Waals surface area contributed by atoms with Crippen molar-refractivity contribution < 1.29 is 13.2 Å². The van der Waals surface area contributed by atoms with E-state index < -0.39 is 10.0 Å². The Bertz CT molecular complexity index is 805. The fraction of sp³-hybridized carbons (Fsp3) is 0.500. The summed E-state index contributed by atoms with van der Waals surface area (Å²) < 4.78 is 30.5. The van der Waals surface area contributed by atoms with Gasteiger partial charge in [0.2, 0.25) is 10.0 Å². The number of hydrogen-bond donors (Lipinski definition) is 1. The summed E-state index contributed by atoms with van der Waals surface area (Å²) >= 11 is 1.64. The van der Waals surface area contributed by atoms with Crippen LogP contribution in [0.15, 0.2) is 28.3 Å². The van der Waals surface area contributed by atoms with Crippen molar-refractivity contribution >= 4 is 32.8 Å². The number of primary sulfonamides is 1. The van der Waals surface area contributed by atoms with Crippen LogP contribution in [-0.2, 0) is 21.8 Å². The molecule has 1 saturated carbocycles. The third-order valence-electron chi connectivity index (χ3n) is 4.30. The Morgan fingerprint density at radius 3 is 2.73 bits per heavy atom. The smallest absolute Gasteiger partial charge is 0.238 e. The van der Waals surface area contributed by atoms with Crippen molar-refractivity contribution in [2.75, 3.05) is 12.9 Å². The van der Waals surface area contributed by atoms with E-state index in [0.717, 1.165) is 29.3 Å². The Hall–Kier alpha value is -1.09. The topological polar surface area (TPSA) is 87.2 Å². The molecule has 1 heterocycles. The van der Waals surface area contributed by atoms with Crippen molar-refractivity contribution in [2.45, 2.75) is 34.9 Å². The maximum atomic E-state index is 11.4. The van der Waals surface area contributed by atoms with E-state index in [0.29, 0.717) is 5.52 Å². The van der Waals surface area contributed by atoms with E-state index in [4.69, 9.17) is 9.88 Å². The second kappa shape index (κ2) is 5.52. The molecule has 1 fully saturated rings. The first-order chi connectivity index (χ1) is 10.3. The van der Waals surface area contributed by atoms with Crippen molar-refractivity contribution in [1.82, 2.24) is 9.55 Å². The van der Waals surface area contributed by atoms with Gasteiger partial charge in [-0.25, -0.2) is 18.5 Å². The third kappa shape index (κ3) is 2.76. The number of hydrogen-bond acceptors (Lipinski definition) is 5. The molecule has 22 heavy (non-hydrogen) atoms. The average molecular weight is 341 g/mol. The zero-order valence-corrected chi connectivity index (χ0v) is 14.2. The van der Waals surface area contributed by atoms with Gasteiger partial charge < -0.3 is 9.30 Å². The molecule has 0 aliphatic heterocycles. The van der Waals surface area contributed by atoms with Gasteiger partial charge in [0.25, 0.3) is 0 Å². The number of nitrogens with zero attached hydrogens (tertiary/aromatic N) is 2. The largest absolute Gasteiger partial charge is 0.377 e. The van der Waals surface area contributed by atoms with Crippen LogP contribution in [0.3, 0.4) is 0 Å². The monoisotopic (exact) mass is 341 g/mol. The molecule has 8 heteroatoms. The summed E-state index contributed by atoms with van der Waals surface area (Å²) in [4.78, 5) is 4.62. The molecule has 1 aliphatic rings. The standard InChI is InChI=1S/C14H19N3O3S2/c1-17-12-5-4-10(22(15,18)19)8-11(12)16-13(17)21-9-14(20-2)6-3-7-14/h4-5,8H,3,6-7,9H2,1-2H3,(H2,15,18,19). The van der Waals surface area contributed by atoms with Crippen LogP contribution in [0.2, 0.25) is 0 Å². The van der Waals surface area contributed by atoms with Crippen LogP contribution in [0.5, 0.6) is 0 Å². The first-order valence-electron chi connectivity index (χ1n) is 7.02. The van der Waals surface area contributed by atoms with Gasteiger partial charge in [0.1, 0.15) is 0 Å². The predicted molar refractivity (Wildman–Crippen MR) is 86.4 cm³/mol. The molecular formula is C14H19N3O3S2. The number of aryl methyl sites for hydroxylation is 1. The number of imidazole rings is 1. The molecule has 0 saturated heterocycles. The first-order valence-corrected chi connectivity index (χ1v) is 9.55. The van der Waals surface area contributed by atoms with Crippen molar-refractivity contribution in [3.63, 3.8) is 0 Å². The molecule has 120 valence electrons. The van der Waals surface area contributed by atoms with Crippen LogP contribution in [-0.4, -0.2) is 36.4 Å². The zero-order chi connectivity index (χ0) is 16.0. The highest BCUT2D eigenvalue weighted by Crippen LogP contribution is 2.39. The van der Waals surface area contributed by atoms with Gasteiger partial charge in [-0.05, 0) is 37.5 Å². The maximum absolute atomic E-state index is 11.4. The van der Waals surface area contributed by atoms with E-state index in [2.05, 4.69) is 4.98 Å². The number of fused-ring (bicyclic) bond motifs is 1. The van der Waals surface area contributed by atoms with Crippen molar-refractivity contribution in [2.24, 2.45) is 12.2 Å². The van der Waals surface area contributed by atoms with Gasteiger partial charge in [0.15, 0.2) is 5.16 Å². The number of rotatable bonds is 5. The Balaban J connectivity index is 1.89. The minimum absolute atomic E-state index is 0.0332. The number of ether oxygens (including phenoxy) is 1. The number of methoxy groups -OCH3 is 1. The summed E-state index contributed by atoms with van der Waals surface area (Å²) in [6.45, 7) is 0. The van der Waals surface area contributed by atoms with Gasteiger partial charge in [-0.3, -0.25) is 0 Å². The number of aromatic nitrogens is 2. The van der Waals surface area contributed by atoms with Gasteiger partial charge >= 0.3 is 0 Å². The average Bonchev–Trinajstić information content (AvgIpc) is 2.74. The molecule has 0 atom stereocenters. The minimum Gasteiger partial charge on any atom is -0.377 e. The molecule has 1 aromatic carbocycles. The molecular weight excluding hydrogens is 322 g/mol. The van der Waals surface area contributed by atoms with E-state index in [1.807, 2.05) is 11.6 Å². The normalized spacial score (nSPS) is 17.6. The second-order valence-electron chi connectivity index (χ2n) is 5.68. The lowest BCUT2D eigenvalue weighted by Gasteiger charge is -2.40. The van der Waals surface area contributed by atoms with Crippen molar-refractivity contribution in [3.8, 4) is 0 Å². The van der Waals surface area contributed by atoms with Gasteiger partial charge in [-0.2, -0.15) is 0 Å². The van der Waals surface area contributed by atoms with Crippen LogP contribution in [0.1, 0.15) is 19.3 Å². The molecule has 0 amide bonds. The highest BCUT2D eigenvalue weighted by Gasteiger charge is 2.37. The lowest BCUT2D eigenvalue weighted by Crippen LogP contribution is -2.41. The SMILES string of the molecule is COC1(CSc2nc3cc(S(N)(=O)=O)ccc3n2C)CCC1. The van der Waals surface area contributed by atoms with Crippen LogP contribution >= 0.6 is 11.8 Å². The van der Waals surface area contributed by atoms with Gasteiger partial charge in [-0.1, -0.05) is 11.8 Å². The van der Waals surface area contributed by atoms with E-state index in [1.54, 1.807) is 24.9 Å². The molecule has 3 rings (SSSR count). The summed E-state index contributed by atoms with van der Waals surface area (Å²) in [5, 5.41) is 6.02. The Kier molecular flexibility index (Phi) is 3.96. The first kappa shape index (κ1) is 15.8. The quantitative estimate of drug-likeness (QED) is 0.839. The Morgan fingerprint density at radius 1 is 1.45 bits per heavy atom. The minimum atomic E-state index is -3.71. The molecule has 6 nitrogen and oxygen atoms in total. The molecule has 0 unspecified atom stereocenters. The molecule has 0 bridgehead atoms. The van der Waals surface area contributed by atoms with Crippen LogP contribution in [0.25, 0.3) is 11.0 Å². The fourth-order valence-corrected chi connectivity index (χ4v) is 4.43. The highest BCUT2D eigenvalue weighted by molar-refractivity contribution is 7.99. The van der Waals surface area contributed by atoms with E-state index >= 15 is 0 Å². The predicted octanol–water partition coefficient (Wildman–Crippen LogP) is 1.88. The maximum Gasteiger partial charge on any atom is 0.238 e. The van der Waals surface area contributed by atoms with Crippen molar-refractivity contribution in [1.29, 1.82) is 0 Å².